The minimum absolute atomic E-state index is 0.228. The molecule has 0 rings (SSSR count). The van der Waals surface area contributed by atoms with Crippen molar-refractivity contribution in [2.75, 3.05) is 0 Å². The van der Waals surface area contributed by atoms with E-state index < -0.39 is 0 Å². The zero-order valence-corrected chi connectivity index (χ0v) is 8.39. The van der Waals surface area contributed by atoms with Gasteiger partial charge in [-0.25, -0.2) is 0 Å². The Kier molecular flexibility index (Phi) is 7.54. The summed E-state index contributed by atoms with van der Waals surface area (Å²) in [5.74, 6) is 6.03. The lowest BCUT2D eigenvalue weighted by Gasteiger charge is -1.94. The van der Waals surface area contributed by atoms with Crippen LogP contribution in [0.2, 0.25) is 0 Å². The summed E-state index contributed by atoms with van der Waals surface area (Å²) in [4.78, 5) is 0. The second-order valence-corrected chi connectivity index (χ2v) is 3.51. The molecule has 0 radical (unpaired) electrons. The van der Waals surface area contributed by atoms with Gasteiger partial charge >= 0.3 is 0 Å². The lowest BCUT2D eigenvalue weighted by molar-refractivity contribution is 0.271. The molecular weight excluding hydrogens is 239 g/mol. The van der Waals surface area contributed by atoms with Crippen molar-refractivity contribution in [2.45, 2.75) is 36.7 Å². The first-order valence-electron chi connectivity index (χ1n) is 3.55. The Bertz CT molecular complexity index is 121. The van der Waals surface area contributed by atoms with Crippen LogP contribution in [0.4, 0.5) is 0 Å². The summed E-state index contributed by atoms with van der Waals surface area (Å²) in [5.41, 5.74) is 0. The topological polar surface area (TPSA) is 20.2 Å². The van der Waals surface area contributed by atoms with Crippen LogP contribution in [-0.4, -0.2) is 9.22 Å². The van der Waals surface area contributed by atoms with Crippen LogP contribution < -0.4 is 0 Å². The Morgan fingerprint density at radius 2 is 2.00 bits per heavy atom. The minimum Gasteiger partial charge on any atom is -0.383 e. The highest BCUT2D eigenvalue weighted by Crippen LogP contribution is 2.02. The first-order chi connectivity index (χ1) is 4.77. The number of aliphatic hydroxyl groups excluding tert-OH is 1. The fourth-order valence-electron chi connectivity index (χ4n) is 0.493. The van der Waals surface area contributed by atoms with Gasteiger partial charge in [0, 0.05) is 12.8 Å². The van der Waals surface area contributed by atoms with Crippen molar-refractivity contribution < 1.29 is 5.11 Å². The number of alkyl halides is 1. The number of hydrogen-bond donors (Lipinski definition) is 1. The molecule has 0 saturated carbocycles. The Labute approximate surface area is 76.3 Å². The van der Waals surface area contributed by atoms with E-state index in [2.05, 4.69) is 18.8 Å². The zero-order chi connectivity index (χ0) is 7.82. The molecule has 0 heterocycles. The third-order valence-corrected chi connectivity index (χ3v) is 1.63. The number of aliphatic hydroxyl groups is 1. The van der Waals surface area contributed by atoms with Crippen molar-refractivity contribution in [1.29, 1.82) is 0 Å². The van der Waals surface area contributed by atoms with E-state index >= 15 is 0 Å². The predicted molar refractivity (Wildman–Crippen MR) is 51.9 cm³/mol. The van der Waals surface area contributed by atoms with Crippen molar-refractivity contribution >= 4 is 22.6 Å². The molecule has 0 aliphatic carbocycles. The van der Waals surface area contributed by atoms with Crippen molar-refractivity contribution in [3.63, 3.8) is 0 Å². The average molecular weight is 252 g/mol. The van der Waals surface area contributed by atoms with Gasteiger partial charge in [0.1, 0.15) is 4.11 Å². The molecule has 0 aromatic rings. The van der Waals surface area contributed by atoms with E-state index in [9.17, 15) is 0 Å². The van der Waals surface area contributed by atoms with E-state index in [-0.39, 0.29) is 4.11 Å². The molecule has 1 atom stereocenters. The molecule has 0 fully saturated rings. The van der Waals surface area contributed by atoms with Gasteiger partial charge in [-0.2, -0.15) is 0 Å². The summed E-state index contributed by atoms with van der Waals surface area (Å²) in [6, 6.07) is 0. The normalized spacial score (nSPS) is 11.9. The summed E-state index contributed by atoms with van der Waals surface area (Å²) in [7, 11) is 0. The van der Waals surface area contributed by atoms with Crippen molar-refractivity contribution in [3.8, 4) is 11.8 Å². The second kappa shape index (κ2) is 7.36. The summed E-state index contributed by atoms with van der Waals surface area (Å²) in [6.07, 6.45) is 3.72. The summed E-state index contributed by atoms with van der Waals surface area (Å²) < 4.78 is -0.228. The highest BCUT2D eigenvalue weighted by atomic mass is 127. The lowest BCUT2D eigenvalue weighted by Crippen LogP contribution is -1.91. The van der Waals surface area contributed by atoms with E-state index in [1.54, 1.807) is 0 Å². The molecule has 0 spiro atoms. The van der Waals surface area contributed by atoms with Crippen molar-refractivity contribution in [2.24, 2.45) is 0 Å². The molecule has 2 heteroatoms. The first kappa shape index (κ1) is 10.2. The monoisotopic (exact) mass is 252 g/mol. The van der Waals surface area contributed by atoms with Gasteiger partial charge in [0.25, 0.3) is 0 Å². The maximum atomic E-state index is 8.83. The Morgan fingerprint density at radius 1 is 1.40 bits per heavy atom. The molecule has 58 valence electrons. The molecular formula is C8H13IO. The molecule has 0 amide bonds. The molecule has 0 aliphatic rings. The highest BCUT2D eigenvalue weighted by Gasteiger charge is 1.92. The van der Waals surface area contributed by atoms with Crippen LogP contribution in [0.1, 0.15) is 32.6 Å². The number of rotatable bonds is 3. The molecule has 0 aliphatic heterocycles. The van der Waals surface area contributed by atoms with Crippen molar-refractivity contribution in [3.05, 3.63) is 0 Å². The summed E-state index contributed by atoms with van der Waals surface area (Å²) in [6.45, 7) is 2.11. The fraction of sp³-hybridized carbons (Fsp3) is 0.750. The van der Waals surface area contributed by atoms with Gasteiger partial charge in [0.15, 0.2) is 0 Å². The zero-order valence-electron chi connectivity index (χ0n) is 6.23. The molecule has 0 aromatic carbocycles. The van der Waals surface area contributed by atoms with E-state index in [1.165, 1.54) is 0 Å². The third kappa shape index (κ3) is 8.25. The molecule has 0 aromatic heterocycles. The Morgan fingerprint density at radius 3 is 2.50 bits per heavy atom. The molecule has 0 saturated heterocycles. The van der Waals surface area contributed by atoms with Gasteiger partial charge in [0.05, 0.1) is 0 Å². The first-order valence-corrected chi connectivity index (χ1v) is 4.79. The smallest absolute Gasteiger partial charge is 0.106 e. The fourth-order valence-corrected chi connectivity index (χ4v) is 0.804. The van der Waals surface area contributed by atoms with Gasteiger partial charge < -0.3 is 5.11 Å². The molecule has 1 unspecified atom stereocenters. The highest BCUT2D eigenvalue weighted by molar-refractivity contribution is 14.1. The van der Waals surface area contributed by atoms with Crippen LogP contribution in [0.15, 0.2) is 0 Å². The average Bonchev–Trinajstić information content (AvgIpc) is 1.87. The van der Waals surface area contributed by atoms with E-state index in [4.69, 9.17) is 5.11 Å². The maximum Gasteiger partial charge on any atom is 0.106 e. The van der Waals surface area contributed by atoms with Crippen LogP contribution in [0.3, 0.4) is 0 Å². The van der Waals surface area contributed by atoms with Gasteiger partial charge in [-0.15, -0.1) is 11.8 Å². The van der Waals surface area contributed by atoms with Crippen LogP contribution in [0.5, 0.6) is 0 Å². The van der Waals surface area contributed by atoms with Gasteiger partial charge in [-0.1, -0.05) is 29.5 Å². The maximum absolute atomic E-state index is 8.83. The van der Waals surface area contributed by atoms with Gasteiger partial charge in [0.2, 0.25) is 0 Å². The van der Waals surface area contributed by atoms with Gasteiger partial charge in [-0.05, 0) is 12.8 Å². The Balaban J connectivity index is 3.12. The van der Waals surface area contributed by atoms with E-state index in [0.29, 0.717) is 0 Å². The molecule has 0 bridgehead atoms. The number of hydrogen-bond acceptors (Lipinski definition) is 1. The summed E-state index contributed by atoms with van der Waals surface area (Å²) in [5, 5.41) is 8.83. The second-order valence-electron chi connectivity index (χ2n) is 2.08. The summed E-state index contributed by atoms with van der Waals surface area (Å²) >= 11 is 1.99. The van der Waals surface area contributed by atoms with E-state index in [0.717, 1.165) is 25.7 Å². The minimum atomic E-state index is -0.228. The Hall–Kier alpha value is 0.250. The van der Waals surface area contributed by atoms with E-state index in [1.807, 2.05) is 22.6 Å². The van der Waals surface area contributed by atoms with Gasteiger partial charge in [-0.3, -0.25) is 0 Å². The predicted octanol–water partition coefficient (Wildman–Crippen LogP) is 2.32. The van der Waals surface area contributed by atoms with Crippen LogP contribution in [0.25, 0.3) is 0 Å². The third-order valence-electron chi connectivity index (χ3n) is 1.01. The molecule has 1 nitrogen and oxygen atoms in total. The molecule has 10 heavy (non-hydrogen) atoms. The van der Waals surface area contributed by atoms with Crippen LogP contribution >= 0.6 is 22.6 Å². The number of unbranched alkanes of at least 4 members (excludes halogenated alkanes) is 1. The van der Waals surface area contributed by atoms with Crippen LogP contribution in [0, 0.1) is 11.8 Å². The number of halogens is 1. The van der Waals surface area contributed by atoms with Crippen LogP contribution in [-0.2, 0) is 0 Å². The molecule has 1 N–H and O–H groups in total. The SMILES string of the molecule is CCCC#CCCC(O)I. The quantitative estimate of drug-likeness (QED) is 0.464. The largest absolute Gasteiger partial charge is 0.383 e. The lowest BCUT2D eigenvalue weighted by atomic mass is 10.3. The van der Waals surface area contributed by atoms with Crippen molar-refractivity contribution in [1.82, 2.24) is 0 Å². The standard InChI is InChI=1S/C8H13IO/c1-2-3-4-5-6-7-8(9)10/h8,10H,2-3,6-7H2,1H3.